The molecule has 0 amide bonds. The molecule has 2 aromatic carbocycles. The summed E-state index contributed by atoms with van der Waals surface area (Å²) in [4.78, 5) is 0. The molecular formula is C23H28O. The Bertz CT molecular complexity index is 649. The van der Waals surface area contributed by atoms with Crippen LogP contribution in [0.1, 0.15) is 62.6 Å². The summed E-state index contributed by atoms with van der Waals surface area (Å²) in [5.41, 5.74) is 5.16. The van der Waals surface area contributed by atoms with Gasteiger partial charge < -0.3 is 4.74 Å². The quantitative estimate of drug-likeness (QED) is 0.544. The van der Waals surface area contributed by atoms with E-state index in [9.17, 15) is 0 Å². The maximum absolute atomic E-state index is 6.04. The summed E-state index contributed by atoms with van der Waals surface area (Å²) in [6, 6.07) is 17.1. The Morgan fingerprint density at radius 3 is 2.58 bits per heavy atom. The van der Waals surface area contributed by atoms with Gasteiger partial charge >= 0.3 is 0 Å². The van der Waals surface area contributed by atoms with Crippen LogP contribution in [0, 0.1) is 5.92 Å². The SMILES string of the molecule is CCC(C)CCCC/C=C1\c2ccccc2COc2ccccc21. The van der Waals surface area contributed by atoms with Crippen LogP contribution in [-0.4, -0.2) is 0 Å². The zero-order valence-corrected chi connectivity index (χ0v) is 14.9. The van der Waals surface area contributed by atoms with Gasteiger partial charge in [0.2, 0.25) is 0 Å². The molecule has 0 fully saturated rings. The minimum atomic E-state index is 0.651. The molecule has 0 radical (unpaired) electrons. The van der Waals surface area contributed by atoms with E-state index in [1.54, 1.807) is 0 Å². The van der Waals surface area contributed by atoms with Gasteiger partial charge in [-0.15, -0.1) is 0 Å². The molecule has 0 bridgehead atoms. The molecule has 1 heterocycles. The van der Waals surface area contributed by atoms with Crippen molar-refractivity contribution in [2.75, 3.05) is 0 Å². The monoisotopic (exact) mass is 320 g/mol. The second kappa shape index (κ2) is 8.19. The number of fused-ring (bicyclic) bond motifs is 2. The molecule has 126 valence electrons. The van der Waals surface area contributed by atoms with Gasteiger partial charge in [-0.1, -0.05) is 81.7 Å². The normalized spacial score (nSPS) is 16.0. The lowest BCUT2D eigenvalue weighted by Crippen LogP contribution is -1.94. The molecule has 0 aliphatic carbocycles. The van der Waals surface area contributed by atoms with E-state index in [1.165, 1.54) is 47.9 Å². The number of rotatable bonds is 6. The van der Waals surface area contributed by atoms with Gasteiger partial charge in [0.15, 0.2) is 0 Å². The molecule has 3 rings (SSSR count). The predicted octanol–water partition coefficient (Wildman–Crippen LogP) is 6.62. The fourth-order valence-electron chi connectivity index (χ4n) is 3.33. The molecule has 24 heavy (non-hydrogen) atoms. The highest BCUT2D eigenvalue weighted by Gasteiger charge is 2.17. The average molecular weight is 320 g/mol. The number of hydrogen-bond donors (Lipinski definition) is 0. The van der Waals surface area contributed by atoms with Crippen LogP contribution < -0.4 is 4.74 Å². The summed E-state index contributed by atoms with van der Waals surface area (Å²) >= 11 is 0. The van der Waals surface area contributed by atoms with Gasteiger partial charge in [-0.3, -0.25) is 0 Å². The van der Waals surface area contributed by atoms with Crippen molar-refractivity contribution in [1.29, 1.82) is 0 Å². The van der Waals surface area contributed by atoms with Crippen LogP contribution in [0.15, 0.2) is 54.6 Å². The number of ether oxygens (including phenoxy) is 1. The first-order valence-electron chi connectivity index (χ1n) is 9.30. The molecule has 1 aliphatic heterocycles. The molecule has 0 saturated heterocycles. The third-order valence-electron chi connectivity index (χ3n) is 5.06. The van der Waals surface area contributed by atoms with Crippen LogP contribution in [0.2, 0.25) is 0 Å². The van der Waals surface area contributed by atoms with Crippen molar-refractivity contribution >= 4 is 5.57 Å². The van der Waals surface area contributed by atoms with Crippen LogP contribution in [0.4, 0.5) is 0 Å². The number of benzene rings is 2. The Morgan fingerprint density at radius 2 is 1.75 bits per heavy atom. The summed E-state index contributed by atoms with van der Waals surface area (Å²) in [6.45, 7) is 5.29. The average Bonchev–Trinajstić information content (AvgIpc) is 2.78. The number of hydrogen-bond acceptors (Lipinski definition) is 1. The van der Waals surface area contributed by atoms with Crippen molar-refractivity contribution in [3.8, 4) is 5.75 Å². The molecular weight excluding hydrogens is 292 g/mol. The van der Waals surface area contributed by atoms with Gasteiger partial charge in [-0.25, -0.2) is 0 Å². The van der Waals surface area contributed by atoms with Crippen molar-refractivity contribution in [1.82, 2.24) is 0 Å². The number of allylic oxidation sites excluding steroid dienone is 1. The zero-order valence-electron chi connectivity index (χ0n) is 14.9. The Labute approximate surface area is 146 Å². The Balaban J connectivity index is 1.81. The minimum Gasteiger partial charge on any atom is -0.488 e. The van der Waals surface area contributed by atoms with Crippen molar-refractivity contribution in [2.45, 2.75) is 52.6 Å². The topological polar surface area (TPSA) is 9.23 Å². The van der Waals surface area contributed by atoms with E-state index in [-0.39, 0.29) is 0 Å². The highest BCUT2D eigenvalue weighted by Crippen LogP contribution is 2.36. The lowest BCUT2D eigenvalue weighted by atomic mass is 9.93. The van der Waals surface area contributed by atoms with Crippen molar-refractivity contribution in [2.24, 2.45) is 5.92 Å². The van der Waals surface area contributed by atoms with E-state index in [2.05, 4.69) is 68.5 Å². The lowest BCUT2D eigenvalue weighted by molar-refractivity contribution is 0.307. The van der Waals surface area contributed by atoms with E-state index >= 15 is 0 Å². The van der Waals surface area contributed by atoms with Crippen LogP contribution in [0.25, 0.3) is 5.57 Å². The van der Waals surface area contributed by atoms with Gasteiger partial charge in [0.05, 0.1) is 0 Å². The van der Waals surface area contributed by atoms with Crippen molar-refractivity contribution in [3.63, 3.8) is 0 Å². The maximum atomic E-state index is 6.04. The van der Waals surface area contributed by atoms with Crippen LogP contribution in [0.3, 0.4) is 0 Å². The Morgan fingerprint density at radius 1 is 1.00 bits per heavy atom. The first-order valence-corrected chi connectivity index (χ1v) is 9.30. The molecule has 1 aliphatic rings. The van der Waals surface area contributed by atoms with Gasteiger partial charge in [-0.05, 0) is 41.5 Å². The van der Waals surface area contributed by atoms with E-state index in [1.807, 2.05) is 0 Å². The van der Waals surface area contributed by atoms with Crippen molar-refractivity contribution < 1.29 is 4.74 Å². The number of para-hydroxylation sites is 1. The number of unbranched alkanes of at least 4 members (excludes halogenated alkanes) is 2. The zero-order chi connectivity index (χ0) is 16.8. The first-order chi connectivity index (χ1) is 11.8. The van der Waals surface area contributed by atoms with E-state index < -0.39 is 0 Å². The predicted molar refractivity (Wildman–Crippen MR) is 102 cm³/mol. The fraction of sp³-hybridized carbons (Fsp3) is 0.391. The molecule has 1 nitrogen and oxygen atoms in total. The maximum Gasteiger partial charge on any atom is 0.127 e. The van der Waals surface area contributed by atoms with Crippen LogP contribution >= 0.6 is 0 Å². The summed E-state index contributed by atoms with van der Waals surface area (Å²) in [7, 11) is 0. The Hall–Kier alpha value is -2.02. The second-order valence-corrected chi connectivity index (χ2v) is 6.86. The molecule has 0 spiro atoms. The molecule has 0 aromatic heterocycles. The molecule has 1 heteroatoms. The van der Waals surface area contributed by atoms with Gasteiger partial charge in [0, 0.05) is 5.56 Å². The summed E-state index contributed by atoms with van der Waals surface area (Å²) < 4.78 is 6.04. The molecule has 0 N–H and O–H groups in total. The molecule has 1 atom stereocenters. The van der Waals surface area contributed by atoms with Gasteiger partial charge in [0.1, 0.15) is 12.4 Å². The van der Waals surface area contributed by atoms with E-state index in [4.69, 9.17) is 4.74 Å². The molecule has 0 saturated carbocycles. The third-order valence-corrected chi connectivity index (χ3v) is 5.06. The minimum absolute atomic E-state index is 0.651. The lowest BCUT2D eigenvalue weighted by Gasteiger charge is -2.11. The van der Waals surface area contributed by atoms with E-state index in [0.29, 0.717) is 6.61 Å². The summed E-state index contributed by atoms with van der Waals surface area (Å²) in [5, 5.41) is 0. The Kier molecular flexibility index (Phi) is 5.74. The van der Waals surface area contributed by atoms with Gasteiger partial charge in [0.25, 0.3) is 0 Å². The largest absolute Gasteiger partial charge is 0.488 e. The molecule has 2 aromatic rings. The van der Waals surface area contributed by atoms with Crippen molar-refractivity contribution in [3.05, 3.63) is 71.3 Å². The van der Waals surface area contributed by atoms with Crippen LogP contribution in [-0.2, 0) is 6.61 Å². The van der Waals surface area contributed by atoms with E-state index in [0.717, 1.165) is 18.1 Å². The highest BCUT2D eigenvalue weighted by molar-refractivity contribution is 5.84. The summed E-state index contributed by atoms with van der Waals surface area (Å²) in [5.74, 6) is 1.85. The molecule has 1 unspecified atom stereocenters. The highest BCUT2D eigenvalue weighted by atomic mass is 16.5. The van der Waals surface area contributed by atoms with Gasteiger partial charge in [-0.2, -0.15) is 0 Å². The standard InChI is InChI=1S/C23H28O/c1-3-18(2)11-5-4-6-14-21-20-13-8-7-12-19(20)17-24-23-16-10-9-15-22(21)23/h7-10,12-16,18H,3-6,11,17H2,1-2H3/b21-14+. The smallest absolute Gasteiger partial charge is 0.127 e. The van der Waals surface area contributed by atoms with Crippen LogP contribution in [0.5, 0.6) is 5.75 Å². The first kappa shape index (κ1) is 16.8. The fourth-order valence-corrected chi connectivity index (χ4v) is 3.33. The second-order valence-electron chi connectivity index (χ2n) is 6.86. The third kappa shape index (κ3) is 3.90. The summed E-state index contributed by atoms with van der Waals surface area (Å²) in [6.07, 6.45) is 8.77.